The first-order valence-corrected chi connectivity index (χ1v) is 7.73. The quantitative estimate of drug-likeness (QED) is 0.607. The van der Waals surface area contributed by atoms with Crippen molar-refractivity contribution < 1.29 is 4.39 Å². The summed E-state index contributed by atoms with van der Waals surface area (Å²) in [5.41, 5.74) is 0.743. The second-order valence-corrected chi connectivity index (χ2v) is 7.08. The molecule has 0 aliphatic heterocycles. The molecule has 2 aromatic rings. The van der Waals surface area contributed by atoms with Crippen LogP contribution in [0.4, 0.5) is 4.39 Å². The van der Waals surface area contributed by atoms with Gasteiger partial charge in [0.2, 0.25) is 0 Å². The third-order valence-corrected chi connectivity index (χ3v) is 5.65. The molecule has 0 N–H and O–H groups in total. The molecule has 0 aliphatic rings. The first-order valence-electron chi connectivity index (χ1n) is 5.21. The van der Waals surface area contributed by atoms with Gasteiger partial charge < -0.3 is 0 Å². The van der Waals surface area contributed by atoms with Crippen LogP contribution in [0.3, 0.4) is 0 Å². The Bertz CT molecular complexity index is 522. The van der Waals surface area contributed by atoms with Gasteiger partial charge in [0.05, 0.1) is 4.83 Å². The summed E-state index contributed by atoms with van der Waals surface area (Å²) in [7, 11) is 0. The van der Waals surface area contributed by atoms with E-state index in [1.54, 1.807) is 17.4 Å². The Morgan fingerprint density at radius 2 is 2.06 bits per heavy atom. The predicted molar refractivity (Wildman–Crippen MR) is 78.5 cm³/mol. The lowest BCUT2D eigenvalue weighted by atomic mass is 10.1. The van der Waals surface area contributed by atoms with Crippen LogP contribution in [0.1, 0.15) is 20.1 Å². The third kappa shape index (κ3) is 3.18. The molecule has 2 rings (SSSR count). The Morgan fingerprint density at radius 3 is 2.65 bits per heavy atom. The van der Waals surface area contributed by atoms with Gasteiger partial charge in [-0.25, -0.2) is 4.39 Å². The van der Waals surface area contributed by atoms with Crippen molar-refractivity contribution in [2.45, 2.75) is 18.2 Å². The molecule has 0 nitrogen and oxygen atoms in total. The zero-order chi connectivity index (χ0) is 12.4. The van der Waals surface area contributed by atoms with Crippen LogP contribution in [0.15, 0.2) is 34.8 Å². The highest BCUT2D eigenvalue weighted by atomic mass is 79.9. The molecule has 17 heavy (non-hydrogen) atoms. The maximum absolute atomic E-state index is 13.5. The fourth-order valence-corrected chi connectivity index (χ4v) is 4.75. The minimum absolute atomic E-state index is 0.138. The van der Waals surface area contributed by atoms with E-state index in [1.807, 2.05) is 12.1 Å². The van der Waals surface area contributed by atoms with Crippen molar-refractivity contribution in [1.29, 1.82) is 0 Å². The van der Waals surface area contributed by atoms with Crippen molar-refractivity contribution >= 4 is 43.2 Å². The summed E-state index contributed by atoms with van der Waals surface area (Å²) in [5.74, 6) is -0.138. The lowest BCUT2D eigenvalue weighted by Crippen LogP contribution is -1.96. The lowest BCUT2D eigenvalue weighted by Gasteiger charge is -2.09. The summed E-state index contributed by atoms with van der Waals surface area (Å²) in [5, 5.41) is 0. The first-order chi connectivity index (χ1) is 8.08. The molecule has 0 bridgehead atoms. The average Bonchev–Trinajstić information content (AvgIpc) is 2.61. The molecular formula is C13H11Br2FS. The van der Waals surface area contributed by atoms with Gasteiger partial charge in [-0.15, -0.1) is 11.3 Å². The van der Waals surface area contributed by atoms with E-state index in [4.69, 9.17) is 0 Å². The number of aryl methyl sites for hydroxylation is 1. The number of rotatable bonds is 3. The number of benzene rings is 1. The molecule has 0 fully saturated rings. The Kier molecular flexibility index (Phi) is 4.39. The lowest BCUT2D eigenvalue weighted by molar-refractivity contribution is 0.608. The van der Waals surface area contributed by atoms with Crippen LogP contribution < -0.4 is 0 Å². The molecule has 0 aliphatic carbocycles. The van der Waals surface area contributed by atoms with Gasteiger partial charge in [0, 0.05) is 14.2 Å². The van der Waals surface area contributed by atoms with Gasteiger partial charge >= 0.3 is 0 Å². The van der Waals surface area contributed by atoms with Gasteiger partial charge in [0.15, 0.2) is 0 Å². The van der Waals surface area contributed by atoms with Gasteiger partial charge in [-0.05, 0) is 47.0 Å². The topological polar surface area (TPSA) is 0 Å². The summed E-state index contributed by atoms with van der Waals surface area (Å²) in [6.45, 7) is 2.07. The highest BCUT2D eigenvalue weighted by Crippen LogP contribution is 2.38. The summed E-state index contributed by atoms with van der Waals surface area (Å²) < 4.78 is 14.6. The van der Waals surface area contributed by atoms with Gasteiger partial charge in [-0.3, -0.25) is 0 Å². The SMILES string of the molecule is Cc1cc(Br)c(C(Br)Cc2ccccc2F)s1. The summed E-state index contributed by atoms with van der Waals surface area (Å²) in [6.07, 6.45) is 0.658. The Morgan fingerprint density at radius 1 is 1.35 bits per heavy atom. The monoisotopic (exact) mass is 376 g/mol. The summed E-state index contributed by atoms with van der Waals surface area (Å²) >= 11 is 8.90. The predicted octanol–water partition coefficient (Wildman–Crippen LogP) is 5.64. The van der Waals surface area contributed by atoms with Crippen LogP contribution >= 0.6 is 43.2 Å². The largest absolute Gasteiger partial charge is 0.207 e. The van der Waals surface area contributed by atoms with Gasteiger partial charge in [0.25, 0.3) is 0 Å². The fraction of sp³-hybridized carbons (Fsp3) is 0.231. The second kappa shape index (κ2) is 5.63. The highest BCUT2D eigenvalue weighted by molar-refractivity contribution is 9.11. The van der Waals surface area contributed by atoms with E-state index >= 15 is 0 Å². The van der Waals surface area contributed by atoms with Crippen LogP contribution in [-0.2, 0) is 6.42 Å². The molecule has 1 heterocycles. The smallest absolute Gasteiger partial charge is 0.126 e. The van der Waals surface area contributed by atoms with Gasteiger partial charge in [-0.1, -0.05) is 34.1 Å². The number of halogens is 3. The second-order valence-electron chi connectivity index (χ2n) is 3.83. The van der Waals surface area contributed by atoms with Crippen LogP contribution in [0.2, 0.25) is 0 Å². The summed E-state index contributed by atoms with van der Waals surface area (Å²) in [4.78, 5) is 2.61. The third-order valence-electron chi connectivity index (χ3n) is 2.48. The van der Waals surface area contributed by atoms with E-state index < -0.39 is 0 Å². The highest BCUT2D eigenvalue weighted by Gasteiger charge is 2.16. The number of alkyl halides is 1. The van der Waals surface area contributed by atoms with Crippen LogP contribution in [0.5, 0.6) is 0 Å². The molecule has 90 valence electrons. The van der Waals surface area contributed by atoms with E-state index in [2.05, 4.69) is 44.8 Å². The van der Waals surface area contributed by atoms with Crippen molar-refractivity contribution in [2.24, 2.45) is 0 Å². The van der Waals surface area contributed by atoms with E-state index in [-0.39, 0.29) is 10.6 Å². The minimum atomic E-state index is -0.138. The Hall–Kier alpha value is -0.190. The van der Waals surface area contributed by atoms with Crippen LogP contribution in [-0.4, -0.2) is 0 Å². The molecule has 0 saturated carbocycles. The average molecular weight is 378 g/mol. The molecule has 1 aromatic heterocycles. The molecule has 1 aromatic carbocycles. The minimum Gasteiger partial charge on any atom is -0.207 e. The van der Waals surface area contributed by atoms with E-state index in [0.717, 1.165) is 10.0 Å². The first kappa shape index (κ1) is 13.2. The van der Waals surface area contributed by atoms with Crippen LogP contribution in [0, 0.1) is 12.7 Å². The zero-order valence-corrected chi connectivity index (χ0v) is 13.2. The fourth-order valence-electron chi connectivity index (χ4n) is 1.66. The van der Waals surface area contributed by atoms with Crippen molar-refractivity contribution in [1.82, 2.24) is 0 Å². The van der Waals surface area contributed by atoms with Gasteiger partial charge in [0.1, 0.15) is 5.82 Å². The number of hydrogen-bond donors (Lipinski definition) is 0. The number of thiophene rings is 1. The van der Waals surface area contributed by atoms with Crippen molar-refractivity contribution in [3.8, 4) is 0 Å². The standard InChI is InChI=1S/C13H11Br2FS/c1-8-6-10(14)13(17-8)11(15)7-9-4-2-3-5-12(9)16/h2-6,11H,7H2,1H3. The molecule has 0 amide bonds. The Labute approximate surface area is 121 Å². The molecule has 1 unspecified atom stereocenters. The van der Waals surface area contributed by atoms with Crippen molar-refractivity contribution in [3.05, 3.63) is 55.9 Å². The molecule has 0 spiro atoms. The van der Waals surface area contributed by atoms with Crippen LogP contribution in [0.25, 0.3) is 0 Å². The maximum Gasteiger partial charge on any atom is 0.126 e. The normalized spacial score (nSPS) is 12.7. The van der Waals surface area contributed by atoms with Crippen molar-refractivity contribution in [2.75, 3.05) is 0 Å². The van der Waals surface area contributed by atoms with E-state index in [0.29, 0.717) is 6.42 Å². The van der Waals surface area contributed by atoms with Crippen molar-refractivity contribution in [3.63, 3.8) is 0 Å². The van der Waals surface area contributed by atoms with E-state index in [9.17, 15) is 4.39 Å². The molecule has 1 atom stereocenters. The molecule has 0 radical (unpaired) electrons. The molecular weight excluding hydrogens is 367 g/mol. The molecule has 4 heteroatoms. The Balaban J connectivity index is 2.20. The number of hydrogen-bond acceptors (Lipinski definition) is 1. The molecule has 0 saturated heterocycles. The van der Waals surface area contributed by atoms with E-state index in [1.165, 1.54) is 15.8 Å². The van der Waals surface area contributed by atoms with Gasteiger partial charge in [-0.2, -0.15) is 0 Å². The zero-order valence-electron chi connectivity index (χ0n) is 9.21. The maximum atomic E-state index is 13.5. The summed E-state index contributed by atoms with van der Waals surface area (Å²) in [6, 6.07) is 9.01.